The van der Waals surface area contributed by atoms with Crippen molar-refractivity contribution < 1.29 is 0 Å². The van der Waals surface area contributed by atoms with Crippen molar-refractivity contribution in [2.45, 2.75) is 45.1 Å². The Morgan fingerprint density at radius 1 is 1.19 bits per heavy atom. The van der Waals surface area contributed by atoms with Crippen molar-refractivity contribution in [1.29, 1.82) is 0 Å². The Kier molecular flexibility index (Phi) is 4.35. The fraction of sp³-hybridized carbons (Fsp3) is 0.421. The van der Waals surface area contributed by atoms with E-state index < -0.39 is 0 Å². The molecule has 21 heavy (non-hydrogen) atoms. The van der Waals surface area contributed by atoms with E-state index in [0.717, 1.165) is 19.4 Å². The molecular weight excluding hydrogens is 256 g/mol. The average molecular weight is 280 g/mol. The van der Waals surface area contributed by atoms with Crippen molar-refractivity contribution in [2.24, 2.45) is 0 Å². The summed E-state index contributed by atoms with van der Waals surface area (Å²) in [6.07, 6.45) is 5.28. The first-order valence-corrected chi connectivity index (χ1v) is 8.06. The summed E-state index contributed by atoms with van der Waals surface area (Å²) in [5.74, 6) is 0.633. The molecule has 0 aliphatic heterocycles. The Morgan fingerprint density at radius 2 is 2.05 bits per heavy atom. The predicted molar refractivity (Wildman–Crippen MR) is 87.7 cm³/mol. The molecule has 2 atom stereocenters. The van der Waals surface area contributed by atoms with Crippen LogP contribution in [0.4, 0.5) is 0 Å². The fourth-order valence-corrected chi connectivity index (χ4v) is 3.29. The SMILES string of the molecule is CCNC(Cc1ccc(CC)cn1)C1Cc2ccccc21. The predicted octanol–water partition coefficient (Wildman–Crippen LogP) is 3.50. The van der Waals surface area contributed by atoms with Gasteiger partial charge in [-0.1, -0.05) is 44.2 Å². The highest BCUT2D eigenvalue weighted by Gasteiger charge is 2.32. The third-order valence-corrected chi connectivity index (χ3v) is 4.57. The molecule has 0 spiro atoms. The highest BCUT2D eigenvalue weighted by atomic mass is 14.9. The van der Waals surface area contributed by atoms with E-state index in [-0.39, 0.29) is 0 Å². The van der Waals surface area contributed by atoms with E-state index in [0.29, 0.717) is 12.0 Å². The minimum absolute atomic E-state index is 0.491. The number of aromatic nitrogens is 1. The van der Waals surface area contributed by atoms with Gasteiger partial charge in [-0.15, -0.1) is 0 Å². The maximum absolute atomic E-state index is 4.63. The molecule has 0 saturated carbocycles. The molecule has 0 amide bonds. The van der Waals surface area contributed by atoms with Crippen LogP contribution in [0.5, 0.6) is 0 Å². The number of hydrogen-bond acceptors (Lipinski definition) is 2. The summed E-state index contributed by atoms with van der Waals surface area (Å²) < 4.78 is 0. The van der Waals surface area contributed by atoms with E-state index in [2.05, 4.69) is 60.5 Å². The number of nitrogens with one attached hydrogen (secondary N) is 1. The van der Waals surface area contributed by atoms with Crippen molar-refractivity contribution in [2.75, 3.05) is 6.54 Å². The van der Waals surface area contributed by atoms with Crippen LogP contribution in [0.15, 0.2) is 42.6 Å². The van der Waals surface area contributed by atoms with Gasteiger partial charge < -0.3 is 5.32 Å². The lowest BCUT2D eigenvalue weighted by Gasteiger charge is -2.37. The lowest BCUT2D eigenvalue weighted by Crippen LogP contribution is -2.41. The second-order valence-corrected chi connectivity index (χ2v) is 5.89. The molecule has 2 aromatic rings. The zero-order chi connectivity index (χ0) is 14.7. The van der Waals surface area contributed by atoms with Gasteiger partial charge in [0.05, 0.1) is 0 Å². The maximum Gasteiger partial charge on any atom is 0.0419 e. The van der Waals surface area contributed by atoms with Gasteiger partial charge in [0.15, 0.2) is 0 Å². The van der Waals surface area contributed by atoms with Gasteiger partial charge in [0, 0.05) is 30.3 Å². The van der Waals surface area contributed by atoms with Crippen LogP contribution < -0.4 is 5.32 Å². The normalized spacial score (nSPS) is 17.9. The van der Waals surface area contributed by atoms with Crippen LogP contribution in [0.2, 0.25) is 0 Å². The van der Waals surface area contributed by atoms with E-state index in [4.69, 9.17) is 0 Å². The molecule has 2 unspecified atom stereocenters. The average Bonchev–Trinajstić information content (AvgIpc) is 2.49. The molecule has 1 aromatic carbocycles. The van der Waals surface area contributed by atoms with E-state index >= 15 is 0 Å². The lowest BCUT2D eigenvalue weighted by molar-refractivity contribution is 0.402. The van der Waals surface area contributed by atoms with E-state index in [1.54, 1.807) is 0 Å². The highest BCUT2D eigenvalue weighted by Crippen LogP contribution is 2.38. The number of rotatable bonds is 6. The third kappa shape index (κ3) is 3.01. The van der Waals surface area contributed by atoms with Gasteiger partial charge in [-0.05, 0) is 42.1 Å². The van der Waals surface area contributed by atoms with Crippen LogP contribution in [0.1, 0.15) is 42.1 Å². The Hall–Kier alpha value is -1.67. The second-order valence-electron chi connectivity index (χ2n) is 5.89. The van der Waals surface area contributed by atoms with Crippen molar-refractivity contribution >= 4 is 0 Å². The number of hydrogen-bond donors (Lipinski definition) is 1. The Labute approximate surface area is 127 Å². The van der Waals surface area contributed by atoms with Gasteiger partial charge in [0.2, 0.25) is 0 Å². The first kappa shape index (κ1) is 14.3. The summed E-state index contributed by atoms with van der Waals surface area (Å²) in [5.41, 5.74) is 5.54. The number of fused-ring (bicyclic) bond motifs is 1. The van der Waals surface area contributed by atoms with Crippen LogP contribution >= 0.6 is 0 Å². The second kappa shape index (κ2) is 6.40. The molecule has 3 rings (SSSR count). The molecule has 0 saturated heterocycles. The first-order chi connectivity index (χ1) is 10.3. The number of pyridine rings is 1. The fourth-order valence-electron chi connectivity index (χ4n) is 3.29. The molecule has 110 valence electrons. The quantitative estimate of drug-likeness (QED) is 0.876. The minimum atomic E-state index is 0.491. The largest absolute Gasteiger partial charge is 0.313 e. The third-order valence-electron chi connectivity index (χ3n) is 4.57. The number of aryl methyl sites for hydroxylation is 1. The van der Waals surface area contributed by atoms with Crippen LogP contribution in [0.25, 0.3) is 0 Å². The molecule has 1 heterocycles. The van der Waals surface area contributed by atoms with Crippen molar-refractivity contribution in [1.82, 2.24) is 10.3 Å². The van der Waals surface area contributed by atoms with Crippen LogP contribution in [0, 0.1) is 0 Å². The van der Waals surface area contributed by atoms with Crippen molar-refractivity contribution in [3.8, 4) is 0 Å². The lowest BCUT2D eigenvalue weighted by atomic mass is 9.72. The molecule has 1 aliphatic carbocycles. The standard InChI is InChI=1S/C19H24N2/c1-3-14-9-10-16(21-13-14)12-19(20-4-2)18-11-15-7-5-6-8-17(15)18/h5-10,13,18-20H,3-4,11-12H2,1-2H3. The van der Waals surface area contributed by atoms with Gasteiger partial charge >= 0.3 is 0 Å². The summed E-state index contributed by atoms with van der Waals surface area (Å²) in [6, 6.07) is 13.7. The van der Waals surface area contributed by atoms with Gasteiger partial charge in [-0.25, -0.2) is 0 Å². The van der Waals surface area contributed by atoms with E-state index in [9.17, 15) is 0 Å². The van der Waals surface area contributed by atoms with E-state index in [1.807, 2.05) is 6.20 Å². The number of likely N-dealkylation sites (N-methyl/N-ethyl adjacent to an activating group) is 1. The molecule has 2 nitrogen and oxygen atoms in total. The van der Waals surface area contributed by atoms with Crippen LogP contribution in [0.3, 0.4) is 0 Å². The molecule has 0 fully saturated rings. The Balaban J connectivity index is 1.73. The summed E-state index contributed by atoms with van der Waals surface area (Å²) in [5, 5.41) is 3.66. The first-order valence-electron chi connectivity index (χ1n) is 8.06. The van der Waals surface area contributed by atoms with Gasteiger partial charge in [-0.3, -0.25) is 4.98 Å². The van der Waals surface area contributed by atoms with E-state index in [1.165, 1.54) is 28.8 Å². The number of nitrogens with zero attached hydrogens (tertiary/aromatic N) is 1. The summed E-state index contributed by atoms with van der Waals surface area (Å²) >= 11 is 0. The molecule has 2 heteroatoms. The molecule has 1 N–H and O–H groups in total. The molecule has 1 aromatic heterocycles. The van der Waals surface area contributed by atoms with Crippen molar-refractivity contribution in [3.05, 3.63) is 65.0 Å². The molecular formula is C19H24N2. The summed E-state index contributed by atoms with van der Waals surface area (Å²) in [6.45, 7) is 5.37. The number of benzene rings is 1. The summed E-state index contributed by atoms with van der Waals surface area (Å²) in [7, 11) is 0. The maximum atomic E-state index is 4.63. The van der Waals surface area contributed by atoms with Crippen LogP contribution in [-0.4, -0.2) is 17.6 Å². The zero-order valence-corrected chi connectivity index (χ0v) is 13.0. The molecule has 1 aliphatic rings. The van der Waals surface area contributed by atoms with Crippen molar-refractivity contribution in [3.63, 3.8) is 0 Å². The van der Waals surface area contributed by atoms with Crippen LogP contribution in [-0.2, 0) is 19.3 Å². The highest BCUT2D eigenvalue weighted by molar-refractivity contribution is 5.41. The Morgan fingerprint density at radius 3 is 2.71 bits per heavy atom. The topological polar surface area (TPSA) is 24.9 Å². The minimum Gasteiger partial charge on any atom is -0.313 e. The van der Waals surface area contributed by atoms with Gasteiger partial charge in [0.25, 0.3) is 0 Å². The van der Waals surface area contributed by atoms with Gasteiger partial charge in [-0.2, -0.15) is 0 Å². The molecule has 0 bridgehead atoms. The molecule has 0 radical (unpaired) electrons. The zero-order valence-electron chi connectivity index (χ0n) is 13.0. The monoisotopic (exact) mass is 280 g/mol. The summed E-state index contributed by atoms with van der Waals surface area (Å²) in [4.78, 5) is 4.63. The van der Waals surface area contributed by atoms with Gasteiger partial charge in [0.1, 0.15) is 0 Å². The Bertz CT molecular complexity index is 589. The smallest absolute Gasteiger partial charge is 0.0419 e.